The molecule has 1 rings (SSSR count). The minimum absolute atomic E-state index is 0.602. The largest absolute Gasteiger partial charge is 0.271 e. The van der Waals surface area contributed by atoms with Crippen molar-refractivity contribution < 1.29 is 0 Å². The van der Waals surface area contributed by atoms with Gasteiger partial charge in [0.05, 0.1) is 0 Å². The lowest BCUT2D eigenvalue weighted by molar-refractivity contribution is 0.217. The van der Waals surface area contributed by atoms with Crippen LogP contribution in [0.1, 0.15) is 71.1 Å². The minimum atomic E-state index is 0.602. The molecule has 2 nitrogen and oxygen atoms in total. The zero-order chi connectivity index (χ0) is 10.9. The summed E-state index contributed by atoms with van der Waals surface area (Å²) in [7, 11) is 0. The van der Waals surface area contributed by atoms with Gasteiger partial charge in [-0.15, -0.1) is 0 Å². The van der Waals surface area contributed by atoms with Gasteiger partial charge in [0.2, 0.25) is 0 Å². The van der Waals surface area contributed by atoms with Crippen molar-refractivity contribution >= 4 is 0 Å². The van der Waals surface area contributed by atoms with Crippen molar-refractivity contribution in [1.29, 1.82) is 0 Å². The van der Waals surface area contributed by atoms with E-state index in [1.807, 2.05) is 0 Å². The van der Waals surface area contributed by atoms with Crippen LogP contribution in [0.3, 0.4) is 0 Å². The zero-order valence-electron chi connectivity index (χ0n) is 10.3. The summed E-state index contributed by atoms with van der Waals surface area (Å²) in [6.07, 6.45) is 13.8. The Bertz CT molecular complexity index is 143. The van der Waals surface area contributed by atoms with Crippen molar-refractivity contribution in [2.24, 2.45) is 11.8 Å². The fourth-order valence-corrected chi connectivity index (χ4v) is 2.44. The Labute approximate surface area is 95.0 Å². The van der Waals surface area contributed by atoms with Crippen LogP contribution in [0.2, 0.25) is 0 Å². The van der Waals surface area contributed by atoms with Crippen molar-refractivity contribution in [3.63, 3.8) is 0 Å². The van der Waals surface area contributed by atoms with Gasteiger partial charge in [-0.3, -0.25) is 11.3 Å². The molecule has 0 aromatic heterocycles. The van der Waals surface area contributed by atoms with Crippen molar-refractivity contribution in [2.75, 3.05) is 0 Å². The quantitative estimate of drug-likeness (QED) is 0.349. The van der Waals surface area contributed by atoms with E-state index in [4.69, 9.17) is 5.84 Å². The van der Waals surface area contributed by atoms with Crippen molar-refractivity contribution in [2.45, 2.75) is 77.2 Å². The lowest BCUT2D eigenvalue weighted by Gasteiger charge is -2.33. The molecule has 0 spiro atoms. The molecular weight excluding hydrogens is 184 g/mol. The van der Waals surface area contributed by atoms with E-state index in [1.54, 1.807) is 0 Å². The number of hydrogen-bond acceptors (Lipinski definition) is 2. The Hall–Kier alpha value is -0.0800. The summed E-state index contributed by atoms with van der Waals surface area (Å²) in [5, 5.41) is 0. The average Bonchev–Trinajstić information content (AvgIpc) is 2.18. The van der Waals surface area contributed by atoms with Gasteiger partial charge in [-0.05, 0) is 25.2 Å². The molecule has 3 N–H and O–H groups in total. The lowest BCUT2D eigenvalue weighted by atomic mass is 9.78. The minimum Gasteiger partial charge on any atom is -0.271 e. The predicted octanol–water partition coefficient (Wildman–Crippen LogP) is 3.37. The van der Waals surface area contributed by atoms with E-state index in [0.29, 0.717) is 6.04 Å². The van der Waals surface area contributed by atoms with E-state index in [2.05, 4.69) is 12.3 Å². The van der Waals surface area contributed by atoms with Gasteiger partial charge >= 0.3 is 0 Å². The van der Waals surface area contributed by atoms with Crippen LogP contribution >= 0.6 is 0 Å². The molecule has 0 aromatic rings. The molecule has 0 aromatic carbocycles. The molecule has 90 valence electrons. The molecule has 1 unspecified atom stereocenters. The van der Waals surface area contributed by atoms with Crippen LogP contribution in [0, 0.1) is 5.92 Å². The second kappa shape index (κ2) is 8.12. The zero-order valence-corrected chi connectivity index (χ0v) is 10.3. The third-order valence-corrected chi connectivity index (χ3v) is 3.80. The number of rotatable bonds is 9. The predicted molar refractivity (Wildman–Crippen MR) is 66.4 cm³/mol. The number of nitrogens with two attached hydrogens (primary N) is 1. The van der Waals surface area contributed by atoms with Gasteiger partial charge in [0.25, 0.3) is 0 Å². The number of unbranched alkanes of at least 4 members (excludes halogenated alkanes) is 5. The SMILES string of the molecule is CCCCCCCCC(NN)C1CCC1. The van der Waals surface area contributed by atoms with Crippen LogP contribution in [0.4, 0.5) is 0 Å². The molecule has 1 fully saturated rings. The Morgan fingerprint density at radius 2 is 1.80 bits per heavy atom. The molecule has 15 heavy (non-hydrogen) atoms. The first kappa shape index (κ1) is 13.0. The highest BCUT2D eigenvalue weighted by Gasteiger charge is 2.25. The first-order chi connectivity index (χ1) is 7.38. The van der Waals surface area contributed by atoms with E-state index in [0.717, 1.165) is 5.92 Å². The average molecular weight is 212 g/mol. The summed E-state index contributed by atoms with van der Waals surface area (Å²) in [5.41, 5.74) is 3.01. The third kappa shape index (κ3) is 4.98. The van der Waals surface area contributed by atoms with Crippen LogP contribution in [0.15, 0.2) is 0 Å². The van der Waals surface area contributed by atoms with Gasteiger partial charge in [-0.1, -0.05) is 51.9 Å². The van der Waals surface area contributed by atoms with Gasteiger partial charge in [0.15, 0.2) is 0 Å². The molecule has 0 amide bonds. The molecule has 0 bridgehead atoms. The summed E-state index contributed by atoms with van der Waals surface area (Å²) in [4.78, 5) is 0. The summed E-state index contributed by atoms with van der Waals surface area (Å²) in [5.74, 6) is 6.48. The Balaban J connectivity index is 1.92. The fourth-order valence-electron chi connectivity index (χ4n) is 2.44. The van der Waals surface area contributed by atoms with Gasteiger partial charge in [0, 0.05) is 6.04 Å². The highest BCUT2D eigenvalue weighted by atomic mass is 15.2. The molecule has 0 saturated heterocycles. The first-order valence-electron chi connectivity index (χ1n) is 6.84. The highest BCUT2D eigenvalue weighted by molar-refractivity contribution is 4.81. The molecule has 0 aliphatic heterocycles. The molecule has 1 atom stereocenters. The maximum atomic E-state index is 5.60. The van der Waals surface area contributed by atoms with E-state index < -0.39 is 0 Å². The van der Waals surface area contributed by atoms with E-state index in [1.165, 1.54) is 64.2 Å². The van der Waals surface area contributed by atoms with Crippen LogP contribution in [-0.2, 0) is 0 Å². The van der Waals surface area contributed by atoms with Crippen molar-refractivity contribution in [3.05, 3.63) is 0 Å². The summed E-state index contributed by atoms with van der Waals surface area (Å²) < 4.78 is 0. The molecule has 0 radical (unpaired) electrons. The smallest absolute Gasteiger partial charge is 0.0238 e. The monoisotopic (exact) mass is 212 g/mol. The van der Waals surface area contributed by atoms with E-state index >= 15 is 0 Å². The van der Waals surface area contributed by atoms with Crippen LogP contribution in [0.25, 0.3) is 0 Å². The van der Waals surface area contributed by atoms with Crippen LogP contribution in [0.5, 0.6) is 0 Å². The van der Waals surface area contributed by atoms with E-state index in [9.17, 15) is 0 Å². The van der Waals surface area contributed by atoms with Crippen LogP contribution in [-0.4, -0.2) is 6.04 Å². The van der Waals surface area contributed by atoms with Crippen molar-refractivity contribution in [3.8, 4) is 0 Å². The number of hydrogen-bond donors (Lipinski definition) is 2. The molecule has 0 heterocycles. The van der Waals surface area contributed by atoms with Gasteiger partial charge in [-0.2, -0.15) is 0 Å². The third-order valence-electron chi connectivity index (χ3n) is 3.80. The molecule has 1 aliphatic carbocycles. The number of hydrazine groups is 1. The standard InChI is InChI=1S/C13H28N2/c1-2-3-4-5-6-7-11-13(15-14)12-9-8-10-12/h12-13,15H,2-11,14H2,1H3. The van der Waals surface area contributed by atoms with Crippen LogP contribution < -0.4 is 11.3 Å². The van der Waals surface area contributed by atoms with Gasteiger partial charge < -0.3 is 0 Å². The van der Waals surface area contributed by atoms with E-state index in [-0.39, 0.29) is 0 Å². The molecule has 1 aliphatic rings. The lowest BCUT2D eigenvalue weighted by Crippen LogP contribution is -2.43. The second-order valence-electron chi connectivity index (χ2n) is 5.02. The first-order valence-corrected chi connectivity index (χ1v) is 6.84. The Kier molecular flexibility index (Phi) is 7.03. The number of nitrogens with one attached hydrogen (secondary N) is 1. The topological polar surface area (TPSA) is 38.0 Å². The maximum absolute atomic E-state index is 5.60. The molecule has 2 heteroatoms. The summed E-state index contributed by atoms with van der Waals surface area (Å²) in [6, 6.07) is 0.602. The normalized spacial score (nSPS) is 18.8. The summed E-state index contributed by atoms with van der Waals surface area (Å²) >= 11 is 0. The maximum Gasteiger partial charge on any atom is 0.0238 e. The Morgan fingerprint density at radius 3 is 2.33 bits per heavy atom. The second-order valence-corrected chi connectivity index (χ2v) is 5.02. The highest BCUT2D eigenvalue weighted by Crippen LogP contribution is 2.31. The van der Waals surface area contributed by atoms with Gasteiger partial charge in [-0.25, -0.2) is 0 Å². The Morgan fingerprint density at radius 1 is 1.13 bits per heavy atom. The fraction of sp³-hybridized carbons (Fsp3) is 1.00. The summed E-state index contributed by atoms with van der Waals surface area (Å²) in [6.45, 7) is 2.27. The van der Waals surface area contributed by atoms with Crippen molar-refractivity contribution in [1.82, 2.24) is 5.43 Å². The van der Waals surface area contributed by atoms with Gasteiger partial charge in [0.1, 0.15) is 0 Å². The molecular formula is C13H28N2. The molecule has 1 saturated carbocycles.